The number of nitrogens with zero attached hydrogens (tertiary/aromatic N) is 1. The predicted octanol–water partition coefficient (Wildman–Crippen LogP) is 3.28. The number of amides is 1. The van der Waals surface area contributed by atoms with Crippen molar-refractivity contribution < 1.29 is 23.4 Å². The van der Waals surface area contributed by atoms with E-state index in [0.717, 1.165) is 11.6 Å². The molecule has 2 aromatic carbocycles. The molecule has 0 aromatic heterocycles. The van der Waals surface area contributed by atoms with E-state index in [1.807, 2.05) is 35.2 Å². The van der Waals surface area contributed by atoms with Gasteiger partial charge in [0.15, 0.2) is 0 Å². The first-order valence-electron chi connectivity index (χ1n) is 9.27. The Balaban J connectivity index is 2.05. The summed E-state index contributed by atoms with van der Waals surface area (Å²) in [5.41, 5.74) is 1.14. The van der Waals surface area contributed by atoms with Crippen molar-refractivity contribution in [3.8, 4) is 0 Å². The van der Waals surface area contributed by atoms with Gasteiger partial charge in [-0.25, -0.2) is 13.6 Å². The van der Waals surface area contributed by atoms with Gasteiger partial charge < -0.3 is 20.1 Å². The summed E-state index contributed by atoms with van der Waals surface area (Å²) in [5, 5.41) is 13.2. The van der Waals surface area contributed by atoms with Crippen molar-refractivity contribution in [1.82, 2.24) is 10.2 Å². The molecule has 0 radical (unpaired) electrons. The number of carbonyl (C=O) groups is 1. The minimum atomic E-state index is -0.990. The SMILES string of the molecule is C=CCN(C)C[C@@H](O)[C@H](Cc1cc(F)cc(F)c1)NC(=O)OCc1ccccc1. The molecule has 0 bridgehead atoms. The summed E-state index contributed by atoms with van der Waals surface area (Å²) >= 11 is 0. The van der Waals surface area contributed by atoms with Crippen molar-refractivity contribution >= 4 is 6.09 Å². The molecular weight excluding hydrogens is 378 g/mol. The van der Waals surface area contributed by atoms with Crippen LogP contribution in [0.4, 0.5) is 13.6 Å². The van der Waals surface area contributed by atoms with Crippen molar-refractivity contribution in [1.29, 1.82) is 0 Å². The van der Waals surface area contributed by atoms with Crippen LogP contribution in [0.2, 0.25) is 0 Å². The Morgan fingerprint density at radius 1 is 1.21 bits per heavy atom. The molecule has 156 valence electrons. The van der Waals surface area contributed by atoms with E-state index < -0.39 is 29.9 Å². The van der Waals surface area contributed by atoms with Crippen molar-refractivity contribution in [3.63, 3.8) is 0 Å². The van der Waals surface area contributed by atoms with Crippen LogP contribution in [0.25, 0.3) is 0 Å². The van der Waals surface area contributed by atoms with Crippen LogP contribution in [0, 0.1) is 11.6 Å². The minimum Gasteiger partial charge on any atom is -0.445 e. The number of carbonyl (C=O) groups excluding carboxylic acids is 1. The summed E-state index contributed by atoms with van der Waals surface area (Å²) in [7, 11) is 1.79. The average molecular weight is 404 g/mol. The maximum absolute atomic E-state index is 13.5. The molecule has 0 fully saturated rings. The zero-order valence-corrected chi connectivity index (χ0v) is 16.4. The van der Waals surface area contributed by atoms with Gasteiger partial charge in [-0.05, 0) is 36.7 Å². The fraction of sp³-hybridized carbons (Fsp3) is 0.318. The lowest BCUT2D eigenvalue weighted by atomic mass is 10.0. The fourth-order valence-electron chi connectivity index (χ4n) is 2.92. The molecule has 0 unspecified atom stereocenters. The molecule has 2 N–H and O–H groups in total. The molecule has 2 aromatic rings. The highest BCUT2D eigenvalue weighted by Gasteiger charge is 2.24. The molecule has 0 aliphatic heterocycles. The first-order valence-corrected chi connectivity index (χ1v) is 9.27. The molecule has 2 rings (SSSR count). The third kappa shape index (κ3) is 8.01. The summed E-state index contributed by atoms with van der Waals surface area (Å²) in [5.74, 6) is -1.44. The van der Waals surface area contributed by atoms with Crippen LogP contribution in [0.3, 0.4) is 0 Å². The van der Waals surface area contributed by atoms with Gasteiger partial charge in [0, 0.05) is 19.2 Å². The molecule has 1 amide bonds. The Morgan fingerprint density at radius 2 is 1.86 bits per heavy atom. The second kappa shape index (κ2) is 11.3. The number of aliphatic hydroxyl groups excluding tert-OH is 1. The van der Waals surface area contributed by atoms with Crippen LogP contribution in [0.1, 0.15) is 11.1 Å². The lowest BCUT2D eigenvalue weighted by Gasteiger charge is -2.27. The van der Waals surface area contributed by atoms with E-state index in [0.29, 0.717) is 12.1 Å². The normalized spacial score (nSPS) is 13.0. The fourth-order valence-corrected chi connectivity index (χ4v) is 2.92. The van der Waals surface area contributed by atoms with Gasteiger partial charge in [0.2, 0.25) is 0 Å². The van der Waals surface area contributed by atoms with Gasteiger partial charge in [0.1, 0.15) is 18.2 Å². The molecule has 29 heavy (non-hydrogen) atoms. The van der Waals surface area contributed by atoms with Crippen LogP contribution in [0.15, 0.2) is 61.2 Å². The second-order valence-electron chi connectivity index (χ2n) is 6.87. The zero-order chi connectivity index (χ0) is 21.2. The highest BCUT2D eigenvalue weighted by atomic mass is 19.1. The number of nitrogens with one attached hydrogen (secondary N) is 1. The van der Waals surface area contributed by atoms with Crippen LogP contribution in [-0.4, -0.2) is 48.4 Å². The van der Waals surface area contributed by atoms with Crippen molar-refractivity contribution in [2.24, 2.45) is 0 Å². The van der Waals surface area contributed by atoms with Gasteiger partial charge in [-0.15, -0.1) is 6.58 Å². The number of rotatable bonds is 10. The summed E-state index contributed by atoms with van der Waals surface area (Å²) in [6.45, 7) is 4.48. The lowest BCUT2D eigenvalue weighted by molar-refractivity contribution is 0.0809. The van der Waals surface area contributed by atoms with Gasteiger partial charge >= 0.3 is 6.09 Å². The molecule has 0 aliphatic carbocycles. The first-order chi connectivity index (χ1) is 13.9. The Morgan fingerprint density at radius 3 is 2.48 bits per heavy atom. The van der Waals surface area contributed by atoms with Gasteiger partial charge in [-0.2, -0.15) is 0 Å². The number of halogens is 2. The van der Waals surface area contributed by atoms with E-state index >= 15 is 0 Å². The molecule has 5 nitrogen and oxygen atoms in total. The van der Waals surface area contributed by atoms with E-state index in [9.17, 15) is 18.7 Å². The second-order valence-corrected chi connectivity index (χ2v) is 6.87. The maximum Gasteiger partial charge on any atom is 0.407 e. The van der Waals surface area contributed by atoms with Crippen molar-refractivity contribution in [3.05, 3.63) is 83.9 Å². The quantitative estimate of drug-likeness (QED) is 0.597. The Labute approximate surface area is 169 Å². The Bertz CT molecular complexity index is 782. The molecule has 2 atom stereocenters. The van der Waals surface area contributed by atoms with E-state index in [1.165, 1.54) is 12.1 Å². The van der Waals surface area contributed by atoms with Gasteiger partial charge in [-0.1, -0.05) is 36.4 Å². The van der Waals surface area contributed by atoms with Crippen LogP contribution >= 0.6 is 0 Å². The third-order valence-corrected chi connectivity index (χ3v) is 4.30. The predicted molar refractivity (Wildman–Crippen MR) is 107 cm³/mol. The lowest BCUT2D eigenvalue weighted by Crippen LogP contribution is -2.49. The highest BCUT2D eigenvalue weighted by molar-refractivity contribution is 5.67. The zero-order valence-electron chi connectivity index (χ0n) is 16.4. The Kier molecular flexibility index (Phi) is 8.76. The summed E-state index contributed by atoms with van der Waals surface area (Å²) in [4.78, 5) is 14.1. The van der Waals surface area contributed by atoms with Crippen LogP contribution in [0.5, 0.6) is 0 Å². The summed E-state index contributed by atoms with van der Waals surface area (Å²) in [6.07, 6.45) is 0.0143. The minimum absolute atomic E-state index is 0.0399. The van der Waals surface area contributed by atoms with Gasteiger partial charge in [0.25, 0.3) is 0 Å². The molecule has 0 saturated heterocycles. The summed E-state index contributed by atoms with van der Waals surface area (Å²) in [6, 6.07) is 11.5. The van der Waals surface area contributed by atoms with Crippen LogP contribution in [-0.2, 0) is 17.8 Å². The molecule has 0 spiro atoms. The molecule has 0 heterocycles. The maximum atomic E-state index is 13.5. The first kappa shape index (κ1) is 22.5. The topological polar surface area (TPSA) is 61.8 Å². The van der Waals surface area contributed by atoms with Crippen LogP contribution < -0.4 is 5.32 Å². The third-order valence-electron chi connectivity index (χ3n) is 4.30. The van der Waals surface area contributed by atoms with Crippen molar-refractivity contribution in [2.75, 3.05) is 20.1 Å². The number of benzene rings is 2. The Hall–Kier alpha value is -2.77. The number of likely N-dealkylation sites (N-methyl/N-ethyl adjacent to an activating group) is 1. The standard InChI is InChI=1S/C22H26F2N2O3/c1-3-9-26(2)14-21(27)20(12-17-10-18(23)13-19(24)11-17)25-22(28)29-15-16-7-5-4-6-8-16/h3-8,10-11,13,20-21,27H,1,9,12,14-15H2,2H3,(H,25,28)/t20-,21+/m0/s1. The molecule has 0 aliphatic rings. The average Bonchev–Trinajstić information content (AvgIpc) is 2.66. The molecule has 7 heteroatoms. The monoisotopic (exact) mass is 404 g/mol. The number of hydrogen-bond donors (Lipinski definition) is 2. The van der Waals surface area contributed by atoms with E-state index in [4.69, 9.17) is 4.74 Å². The largest absolute Gasteiger partial charge is 0.445 e. The molecular formula is C22H26F2N2O3. The van der Waals surface area contributed by atoms with Gasteiger partial charge in [-0.3, -0.25) is 0 Å². The van der Waals surface area contributed by atoms with E-state index in [1.54, 1.807) is 13.1 Å². The summed E-state index contributed by atoms with van der Waals surface area (Å²) < 4.78 is 32.3. The number of alkyl carbamates (subject to hydrolysis) is 1. The van der Waals surface area contributed by atoms with E-state index in [2.05, 4.69) is 11.9 Å². The number of hydrogen-bond acceptors (Lipinski definition) is 4. The van der Waals surface area contributed by atoms with Crippen molar-refractivity contribution in [2.45, 2.75) is 25.2 Å². The number of ether oxygens (including phenoxy) is 1. The molecule has 0 saturated carbocycles. The van der Waals surface area contributed by atoms with E-state index in [-0.39, 0.29) is 19.6 Å². The number of aliphatic hydroxyl groups is 1. The highest BCUT2D eigenvalue weighted by Crippen LogP contribution is 2.13. The smallest absolute Gasteiger partial charge is 0.407 e. The van der Waals surface area contributed by atoms with Gasteiger partial charge in [0.05, 0.1) is 12.1 Å².